The van der Waals surface area contributed by atoms with Crippen LogP contribution in [0.1, 0.15) is 16.7 Å². The van der Waals surface area contributed by atoms with Crippen LogP contribution in [0.5, 0.6) is 11.5 Å². The monoisotopic (exact) mass is 299 g/mol. The van der Waals surface area contributed by atoms with Crippen LogP contribution >= 0.6 is 0 Å². The first-order valence-corrected chi connectivity index (χ1v) is 7.18. The van der Waals surface area contributed by atoms with E-state index in [9.17, 15) is 4.79 Å². The normalized spacial score (nSPS) is 10.1. The molecule has 0 aliphatic carbocycles. The van der Waals surface area contributed by atoms with Gasteiger partial charge in [0.1, 0.15) is 11.5 Å². The van der Waals surface area contributed by atoms with Gasteiger partial charge in [-0.2, -0.15) is 0 Å². The van der Waals surface area contributed by atoms with Crippen LogP contribution in [0.25, 0.3) is 0 Å². The number of amides is 1. The van der Waals surface area contributed by atoms with Crippen LogP contribution in [0.2, 0.25) is 0 Å². The summed E-state index contributed by atoms with van der Waals surface area (Å²) in [6, 6.07) is 13.5. The molecular formula is C18H21NO3. The van der Waals surface area contributed by atoms with Gasteiger partial charge in [-0.1, -0.05) is 24.3 Å². The molecule has 0 aliphatic rings. The van der Waals surface area contributed by atoms with Crippen molar-refractivity contribution in [3.8, 4) is 11.5 Å². The van der Waals surface area contributed by atoms with Crippen molar-refractivity contribution in [1.29, 1.82) is 0 Å². The Kier molecular flexibility index (Phi) is 5.42. The first-order valence-electron chi connectivity index (χ1n) is 7.18. The van der Waals surface area contributed by atoms with Crippen molar-refractivity contribution in [2.24, 2.45) is 0 Å². The Morgan fingerprint density at radius 3 is 2.73 bits per heavy atom. The smallest absolute Gasteiger partial charge is 0.258 e. The van der Waals surface area contributed by atoms with Gasteiger partial charge in [-0.3, -0.25) is 4.79 Å². The number of hydrogen-bond donors (Lipinski definition) is 1. The number of methoxy groups -OCH3 is 1. The number of rotatable bonds is 6. The molecule has 0 saturated heterocycles. The zero-order valence-corrected chi connectivity index (χ0v) is 13.2. The molecule has 4 nitrogen and oxygen atoms in total. The second kappa shape index (κ2) is 7.50. The van der Waals surface area contributed by atoms with Crippen molar-refractivity contribution in [2.45, 2.75) is 20.4 Å². The maximum absolute atomic E-state index is 11.9. The number of ether oxygens (including phenoxy) is 2. The summed E-state index contributed by atoms with van der Waals surface area (Å²) in [5.41, 5.74) is 3.11. The van der Waals surface area contributed by atoms with Crippen LogP contribution in [-0.2, 0) is 11.3 Å². The molecule has 0 saturated carbocycles. The molecule has 0 atom stereocenters. The summed E-state index contributed by atoms with van der Waals surface area (Å²) in [4.78, 5) is 11.9. The number of carbonyl (C=O) groups is 1. The summed E-state index contributed by atoms with van der Waals surface area (Å²) in [6.07, 6.45) is 0. The van der Waals surface area contributed by atoms with Crippen molar-refractivity contribution in [1.82, 2.24) is 5.32 Å². The highest BCUT2D eigenvalue weighted by Gasteiger charge is 2.05. The lowest BCUT2D eigenvalue weighted by Crippen LogP contribution is -2.28. The van der Waals surface area contributed by atoms with Gasteiger partial charge in [0.05, 0.1) is 7.11 Å². The summed E-state index contributed by atoms with van der Waals surface area (Å²) in [5.74, 6) is 1.37. The van der Waals surface area contributed by atoms with E-state index in [0.717, 1.165) is 28.2 Å². The lowest BCUT2D eigenvalue weighted by atomic mass is 10.1. The van der Waals surface area contributed by atoms with Crippen molar-refractivity contribution < 1.29 is 14.3 Å². The molecule has 0 radical (unpaired) electrons. The van der Waals surface area contributed by atoms with Crippen LogP contribution < -0.4 is 14.8 Å². The Labute approximate surface area is 131 Å². The Hall–Kier alpha value is -2.49. The highest BCUT2D eigenvalue weighted by molar-refractivity contribution is 5.77. The summed E-state index contributed by atoms with van der Waals surface area (Å²) in [5, 5.41) is 2.84. The van der Waals surface area contributed by atoms with E-state index in [1.54, 1.807) is 7.11 Å². The van der Waals surface area contributed by atoms with Crippen molar-refractivity contribution >= 4 is 5.91 Å². The molecular weight excluding hydrogens is 278 g/mol. The van der Waals surface area contributed by atoms with Crippen LogP contribution in [0.3, 0.4) is 0 Å². The van der Waals surface area contributed by atoms with Crippen LogP contribution in [0.4, 0.5) is 0 Å². The number of nitrogens with one attached hydrogen (secondary N) is 1. The van der Waals surface area contributed by atoms with Gasteiger partial charge in [-0.05, 0) is 48.7 Å². The molecule has 116 valence electrons. The average Bonchev–Trinajstić information content (AvgIpc) is 2.54. The SMILES string of the molecule is COc1cccc(CNC(=O)COc2cc(C)ccc2C)c1. The molecule has 0 heterocycles. The van der Waals surface area contributed by atoms with E-state index in [0.29, 0.717) is 6.54 Å². The summed E-state index contributed by atoms with van der Waals surface area (Å²) in [6.45, 7) is 4.42. The Morgan fingerprint density at radius 2 is 1.95 bits per heavy atom. The predicted molar refractivity (Wildman–Crippen MR) is 86.3 cm³/mol. The second-order valence-corrected chi connectivity index (χ2v) is 5.19. The second-order valence-electron chi connectivity index (χ2n) is 5.19. The third-order valence-electron chi connectivity index (χ3n) is 3.33. The molecule has 0 bridgehead atoms. The Bertz CT molecular complexity index is 653. The first-order chi connectivity index (χ1) is 10.6. The standard InChI is InChI=1S/C18H21NO3/c1-13-7-8-14(2)17(9-13)22-12-18(20)19-11-15-5-4-6-16(10-15)21-3/h4-10H,11-12H2,1-3H3,(H,19,20). The lowest BCUT2D eigenvalue weighted by molar-refractivity contribution is -0.123. The quantitative estimate of drug-likeness (QED) is 0.892. The molecule has 2 rings (SSSR count). The topological polar surface area (TPSA) is 47.6 Å². The number of carbonyl (C=O) groups excluding carboxylic acids is 1. The van der Waals surface area contributed by atoms with Gasteiger partial charge in [-0.25, -0.2) is 0 Å². The van der Waals surface area contributed by atoms with E-state index in [2.05, 4.69) is 5.32 Å². The fourth-order valence-corrected chi connectivity index (χ4v) is 2.04. The molecule has 4 heteroatoms. The number of aryl methyl sites for hydroxylation is 2. The molecule has 1 N–H and O–H groups in total. The molecule has 2 aromatic carbocycles. The lowest BCUT2D eigenvalue weighted by Gasteiger charge is -2.10. The molecule has 0 unspecified atom stereocenters. The predicted octanol–water partition coefficient (Wildman–Crippen LogP) is 3.01. The van der Waals surface area contributed by atoms with Crippen LogP contribution in [0, 0.1) is 13.8 Å². The number of benzene rings is 2. The van der Waals surface area contributed by atoms with E-state index in [-0.39, 0.29) is 12.5 Å². The third-order valence-corrected chi connectivity index (χ3v) is 3.33. The zero-order chi connectivity index (χ0) is 15.9. The van der Waals surface area contributed by atoms with E-state index >= 15 is 0 Å². The average molecular weight is 299 g/mol. The van der Waals surface area contributed by atoms with Crippen molar-refractivity contribution in [3.05, 3.63) is 59.2 Å². The van der Waals surface area contributed by atoms with Gasteiger partial charge in [0.15, 0.2) is 6.61 Å². The van der Waals surface area contributed by atoms with Crippen molar-refractivity contribution in [3.63, 3.8) is 0 Å². The third kappa shape index (κ3) is 4.52. The molecule has 0 aliphatic heterocycles. The zero-order valence-electron chi connectivity index (χ0n) is 13.2. The Balaban J connectivity index is 1.84. The molecule has 2 aromatic rings. The highest BCUT2D eigenvalue weighted by Crippen LogP contribution is 2.18. The summed E-state index contributed by atoms with van der Waals surface area (Å²) >= 11 is 0. The molecule has 0 fully saturated rings. The van der Waals surface area contributed by atoms with Crippen LogP contribution in [-0.4, -0.2) is 19.6 Å². The minimum absolute atomic E-state index is 0.00820. The van der Waals surface area contributed by atoms with Gasteiger partial charge in [0, 0.05) is 6.54 Å². The molecule has 1 amide bonds. The van der Waals surface area contributed by atoms with Crippen molar-refractivity contribution in [2.75, 3.05) is 13.7 Å². The minimum Gasteiger partial charge on any atom is -0.497 e. The molecule has 0 aromatic heterocycles. The maximum Gasteiger partial charge on any atom is 0.258 e. The maximum atomic E-state index is 11.9. The minimum atomic E-state index is -0.149. The molecule has 0 spiro atoms. The van der Waals surface area contributed by atoms with Gasteiger partial charge in [-0.15, -0.1) is 0 Å². The van der Waals surface area contributed by atoms with Gasteiger partial charge < -0.3 is 14.8 Å². The molecule has 22 heavy (non-hydrogen) atoms. The van der Waals surface area contributed by atoms with E-state index < -0.39 is 0 Å². The van der Waals surface area contributed by atoms with E-state index in [1.165, 1.54) is 0 Å². The largest absolute Gasteiger partial charge is 0.497 e. The van der Waals surface area contributed by atoms with E-state index in [4.69, 9.17) is 9.47 Å². The summed E-state index contributed by atoms with van der Waals surface area (Å²) in [7, 11) is 1.62. The highest BCUT2D eigenvalue weighted by atomic mass is 16.5. The van der Waals surface area contributed by atoms with Gasteiger partial charge in [0.25, 0.3) is 5.91 Å². The van der Waals surface area contributed by atoms with E-state index in [1.807, 2.05) is 56.3 Å². The fourth-order valence-electron chi connectivity index (χ4n) is 2.04. The Morgan fingerprint density at radius 1 is 1.14 bits per heavy atom. The van der Waals surface area contributed by atoms with Gasteiger partial charge in [0.2, 0.25) is 0 Å². The van der Waals surface area contributed by atoms with Gasteiger partial charge >= 0.3 is 0 Å². The summed E-state index contributed by atoms with van der Waals surface area (Å²) < 4.78 is 10.7. The fraction of sp³-hybridized carbons (Fsp3) is 0.278. The number of hydrogen-bond acceptors (Lipinski definition) is 3. The van der Waals surface area contributed by atoms with Crippen LogP contribution in [0.15, 0.2) is 42.5 Å². The first kappa shape index (κ1) is 15.9.